The highest BCUT2D eigenvalue weighted by Crippen LogP contribution is 2.26. The Kier molecular flexibility index (Phi) is 4.92. The summed E-state index contributed by atoms with van der Waals surface area (Å²) in [6, 6.07) is 4.33. The number of hydrogen-bond donors (Lipinski definition) is 0. The van der Waals surface area contributed by atoms with Gasteiger partial charge in [-0.1, -0.05) is 24.6 Å². The quantitative estimate of drug-likeness (QED) is 0.682. The van der Waals surface area contributed by atoms with Crippen molar-refractivity contribution in [1.29, 1.82) is 0 Å². The summed E-state index contributed by atoms with van der Waals surface area (Å²) in [5, 5.41) is 0. The molecule has 0 N–H and O–H groups in total. The minimum atomic E-state index is 0.769. The lowest BCUT2D eigenvalue weighted by molar-refractivity contribution is 0.312. The highest BCUT2D eigenvalue weighted by Gasteiger charge is 2.07. The van der Waals surface area contributed by atoms with Crippen molar-refractivity contribution in [2.24, 2.45) is 0 Å². The molecule has 0 radical (unpaired) electrons. The van der Waals surface area contributed by atoms with Crippen molar-refractivity contribution in [3.8, 4) is 18.1 Å². The fourth-order valence-electron chi connectivity index (χ4n) is 1.85. The van der Waals surface area contributed by atoms with Gasteiger partial charge in [-0.2, -0.15) is 0 Å². The van der Waals surface area contributed by atoms with Crippen LogP contribution >= 0.6 is 0 Å². The summed E-state index contributed by atoms with van der Waals surface area (Å²) in [5.74, 6) is 3.71. The normalized spacial score (nSPS) is 9.88. The molecule has 1 rings (SSSR count). The maximum Gasteiger partial charge on any atom is 0.125 e. The van der Waals surface area contributed by atoms with Crippen molar-refractivity contribution < 1.29 is 4.74 Å². The first kappa shape index (κ1) is 12.6. The molecule has 0 aliphatic rings. The van der Waals surface area contributed by atoms with Gasteiger partial charge in [0.1, 0.15) is 5.75 Å². The van der Waals surface area contributed by atoms with Crippen molar-refractivity contribution in [3.63, 3.8) is 0 Å². The number of aryl methyl sites for hydroxylation is 3. The topological polar surface area (TPSA) is 9.23 Å². The maximum absolute atomic E-state index is 5.80. The fourth-order valence-corrected chi connectivity index (χ4v) is 1.85. The lowest BCUT2D eigenvalue weighted by Gasteiger charge is -2.14. The third-order valence-corrected chi connectivity index (χ3v) is 2.49. The first-order chi connectivity index (χ1) is 7.69. The largest absolute Gasteiger partial charge is 0.493 e. The van der Waals surface area contributed by atoms with Gasteiger partial charge in [-0.05, 0) is 37.8 Å². The summed E-state index contributed by atoms with van der Waals surface area (Å²) in [6.07, 6.45) is 8.01. The van der Waals surface area contributed by atoms with Crippen LogP contribution in [0.15, 0.2) is 12.1 Å². The van der Waals surface area contributed by atoms with Crippen LogP contribution in [-0.2, 0) is 6.42 Å². The van der Waals surface area contributed by atoms with Gasteiger partial charge in [-0.3, -0.25) is 0 Å². The number of ether oxygens (including phenoxy) is 1. The number of rotatable bonds is 5. The van der Waals surface area contributed by atoms with E-state index in [0.717, 1.165) is 31.6 Å². The first-order valence-electron chi connectivity index (χ1n) is 5.85. The van der Waals surface area contributed by atoms with Gasteiger partial charge in [0, 0.05) is 6.42 Å². The second-order valence-electron chi connectivity index (χ2n) is 4.12. The molecule has 1 nitrogen and oxygen atoms in total. The van der Waals surface area contributed by atoms with Gasteiger partial charge >= 0.3 is 0 Å². The molecule has 0 aliphatic carbocycles. The molecule has 0 unspecified atom stereocenters. The summed E-state index contributed by atoms with van der Waals surface area (Å²) in [7, 11) is 0. The van der Waals surface area contributed by atoms with E-state index >= 15 is 0 Å². The maximum atomic E-state index is 5.80. The summed E-state index contributed by atoms with van der Waals surface area (Å²) in [6.45, 7) is 7.09. The lowest BCUT2D eigenvalue weighted by atomic mass is 10.0. The standard InChI is InChI=1S/C15H20O/c1-5-7-8-14-11-12(3)10-13(4)15(14)16-9-6-2/h1,10-11H,6-9H2,2-4H3. The molecular weight excluding hydrogens is 196 g/mol. The third-order valence-electron chi connectivity index (χ3n) is 2.49. The smallest absolute Gasteiger partial charge is 0.125 e. The molecule has 0 saturated heterocycles. The van der Waals surface area contributed by atoms with Crippen LogP contribution in [-0.4, -0.2) is 6.61 Å². The van der Waals surface area contributed by atoms with Gasteiger partial charge in [0.15, 0.2) is 0 Å². The van der Waals surface area contributed by atoms with Gasteiger partial charge in [-0.15, -0.1) is 12.3 Å². The molecule has 1 heteroatoms. The van der Waals surface area contributed by atoms with Crippen LogP contribution in [0.2, 0.25) is 0 Å². The van der Waals surface area contributed by atoms with E-state index in [1.807, 2.05) is 0 Å². The van der Waals surface area contributed by atoms with E-state index in [9.17, 15) is 0 Å². The zero-order valence-electron chi connectivity index (χ0n) is 10.5. The molecule has 0 bridgehead atoms. The zero-order chi connectivity index (χ0) is 12.0. The fraction of sp³-hybridized carbons (Fsp3) is 0.467. The van der Waals surface area contributed by atoms with Crippen molar-refractivity contribution in [3.05, 3.63) is 28.8 Å². The Morgan fingerprint density at radius 3 is 2.69 bits per heavy atom. The van der Waals surface area contributed by atoms with Crippen LogP contribution in [0.5, 0.6) is 5.75 Å². The minimum absolute atomic E-state index is 0.769. The Labute approximate surface area is 98.8 Å². The van der Waals surface area contributed by atoms with Gasteiger partial charge in [-0.25, -0.2) is 0 Å². The molecule has 0 heterocycles. The molecule has 0 aliphatic heterocycles. The average molecular weight is 216 g/mol. The van der Waals surface area contributed by atoms with Crippen LogP contribution in [0.4, 0.5) is 0 Å². The molecule has 0 aromatic heterocycles. The molecule has 0 fully saturated rings. The van der Waals surface area contributed by atoms with E-state index in [0.29, 0.717) is 0 Å². The first-order valence-corrected chi connectivity index (χ1v) is 5.85. The Bertz CT molecular complexity index is 385. The number of hydrogen-bond acceptors (Lipinski definition) is 1. The molecule has 16 heavy (non-hydrogen) atoms. The predicted molar refractivity (Wildman–Crippen MR) is 68.9 cm³/mol. The highest BCUT2D eigenvalue weighted by atomic mass is 16.5. The molecule has 1 aromatic rings. The Morgan fingerprint density at radius 2 is 2.06 bits per heavy atom. The highest BCUT2D eigenvalue weighted by molar-refractivity contribution is 5.44. The Morgan fingerprint density at radius 1 is 1.31 bits per heavy atom. The second kappa shape index (κ2) is 6.23. The zero-order valence-corrected chi connectivity index (χ0v) is 10.5. The Hall–Kier alpha value is -1.42. The molecule has 86 valence electrons. The van der Waals surface area contributed by atoms with Gasteiger partial charge in [0.05, 0.1) is 6.61 Å². The SMILES string of the molecule is C#CCCc1cc(C)cc(C)c1OCCC. The number of benzene rings is 1. The Balaban J connectivity index is 2.96. The van der Waals surface area contributed by atoms with Crippen molar-refractivity contribution in [2.45, 2.75) is 40.0 Å². The minimum Gasteiger partial charge on any atom is -0.493 e. The van der Waals surface area contributed by atoms with Crippen molar-refractivity contribution >= 4 is 0 Å². The molecule has 0 atom stereocenters. The summed E-state index contributed by atoms with van der Waals surface area (Å²) in [5.41, 5.74) is 3.72. The summed E-state index contributed by atoms with van der Waals surface area (Å²) >= 11 is 0. The predicted octanol–water partition coefficient (Wildman–Crippen LogP) is 3.66. The molecule has 0 amide bonds. The number of terminal acetylenes is 1. The molecular formula is C15H20O. The van der Waals surface area contributed by atoms with Crippen LogP contribution in [0, 0.1) is 26.2 Å². The monoisotopic (exact) mass is 216 g/mol. The van der Waals surface area contributed by atoms with Crippen LogP contribution in [0.1, 0.15) is 36.5 Å². The van der Waals surface area contributed by atoms with Crippen molar-refractivity contribution in [1.82, 2.24) is 0 Å². The van der Waals surface area contributed by atoms with Crippen LogP contribution in [0.25, 0.3) is 0 Å². The third kappa shape index (κ3) is 3.31. The van der Waals surface area contributed by atoms with E-state index in [4.69, 9.17) is 11.2 Å². The molecule has 1 aromatic carbocycles. The van der Waals surface area contributed by atoms with Gasteiger partial charge < -0.3 is 4.74 Å². The van der Waals surface area contributed by atoms with E-state index < -0.39 is 0 Å². The van der Waals surface area contributed by atoms with Gasteiger partial charge in [0.2, 0.25) is 0 Å². The van der Waals surface area contributed by atoms with Gasteiger partial charge in [0.25, 0.3) is 0 Å². The van der Waals surface area contributed by atoms with Crippen LogP contribution in [0.3, 0.4) is 0 Å². The lowest BCUT2D eigenvalue weighted by Crippen LogP contribution is -2.01. The molecule has 0 saturated carbocycles. The van der Waals surface area contributed by atoms with E-state index in [1.165, 1.54) is 16.7 Å². The van der Waals surface area contributed by atoms with E-state index in [2.05, 4.69) is 38.8 Å². The summed E-state index contributed by atoms with van der Waals surface area (Å²) in [4.78, 5) is 0. The second-order valence-corrected chi connectivity index (χ2v) is 4.12. The van der Waals surface area contributed by atoms with Crippen molar-refractivity contribution in [2.75, 3.05) is 6.61 Å². The van der Waals surface area contributed by atoms with Crippen LogP contribution < -0.4 is 4.74 Å². The molecule has 0 spiro atoms. The summed E-state index contributed by atoms with van der Waals surface area (Å²) < 4.78 is 5.80. The average Bonchev–Trinajstić information content (AvgIpc) is 2.24. The van der Waals surface area contributed by atoms with E-state index in [-0.39, 0.29) is 0 Å². The van der Waals surface area contributed by atoms with E-state index in [1.54, 1.807) is 0 Å².